The van der Waals surface area contributed by atoms with Crippen LogP contribution in [0.15, 0.2) is 58.3 Å². The number of hydrogen-bond donors (Lipinski definition) is 1. The van der Waals surface area contributed by atoms with E-state index in [0.717, 1.165) is 0 Å². The molecule has 0 aliphatic rings. The Morgan fingerprint density at radius 2 is 0.837 bits per heavy atom. The highest BCUT2D eigenvalue weighted by atomic mass is 33.1. The molecule has 0 fully saturated rings. The normalized spacial score (nSPS) is 11.3. The summed E-state index contributed by atoms with van der Waals surface area (Å²) in [6.45, 7) is 9.48. The molecule has 0 aliphatic heterocycles. The molecule has 0 radical (unpaired) electrons. The van der Waals surface area contributed by atoms with Gasteiger partial charge in [0.1, 0.15) is 0 Å². The van der Waals surface area contributed by atoms with E-state index in [1.165, 1.54) is 156 Å². The first-order valence-electron chi connectivity index (χ1n) is 19.7. The van der Waals surface area contributed by atoms with Crippen LogP contribution >= 0.6 is 28.9 Å². The van der Waals surface area contributed by atoms with Gasteiger partial charge in [0.25, 0.3) is 0 Å². The van der Waals surface area contributed by atoms with E-state index in [2.05, 4.69) is 27.7 Å². The number of aromatic carboxylic acids is 2. The summed E-state index contributed by atoms with van der Waals surface area (Å²) in [6, 6.07) is 13.0. The molecule has 0 aromatic heterocycles. The predicted molar refractivity (Wildman–Crippen MR) is 217 cm³/mol. The fraction of sp³-hybridized carbons (Fsp3) is 0.667. The minimum atomic E-state index is -1.25. The highest BCUT2D eigenvalue weighted by Crippen LogP contribution is 2.61. The van der Waals surface area contributed by atoms with Gasteiger partial charge in [-0.3, -0.25) is 0 Å². The summed E-state index contributed by atoms with van der Waals surface area (Å²) in [5.74, 6) is -2.26. The standard InChI is InChI=1S/C28H60P.C14H10O4S2/c1-5-9-13-14-15-16-17-18-19-20-21-22-23-24-28-29(25-10-6-2,26-11-7-3)27-12-8-4;15-13(16)9-5-1-3-7-11(9)19-20-12-8-4-2-6-10(12)14(17)18/h5-28H2,1-4H3;1-8H,(H,15,16)(H,17,18)/q+1;/p-1. The van der Waals surface area contributed by atoms with Crippen molar-refractivity contribution in [3.8, 4) is 0 Å². The average molecular weight is 733 g/mol. The van der Waals surface area contributed by atoms with E-state index in [0.29, 0.717) is 9.79 Å². The minimum Gasteiger partial charge on any atom is -0.545 e. The number of carboxylic acids is 2. The molecule has 0 saturated carbocycles. The molecule has 2 aromatic rings. The van der Waals surface area contributed by atoms with Crippen LogP contribution in [0.4, 0.5) is 0 Å². The van der Waals surface area contributed by atoms with Crippen LogP contribution in [0, 0.1) is 0 Å². The number of carbonyl (C=O) groups is 2. The van der Waals surface area contributed by atoms with Crippen molar-refractivity contribution in [1.82, 2.24) is 0 Å². The highest BCUT2D eigenvalue weighted by Gasteiger charge is 2.34. The van der Waals surface area contributed by atoms with E-state index >= 15 is 0 Å². The van der Waals surface area contributed by atoms with Crippen molar-refractivity contribution in [2.75, 3.05) is 24.6 Å². The molecule has 0 bridgehead atoms. The van der Waals surface area contributed by atoms with Crippen molar-refractivity contribution < 1.29 is 19.8 Å². The lowest BCUT2D eigenvalue weighted by molar-refractivity contribution is -0.255. The molecule has 0 spiro atoms. The molecular weight excluding hydrogens is 664 g/mol. The molecule has 0 unspecified atom stereocenters. The lowest BCUT2D eigenvalue weighted by Crippen LogP contribution is -2.22. The molecule has 4 nitrogen and oxygen atoms in total. The van der Waals surface area contributed by atoms with Crippen LogP contribution in [0.1, 0.15) is 177 Å². The Labute approximate surface area is 309 Å². The van der Waals surface area contributed by atoms with E-state index in [-0.39, 0.29) is 11.1 Å². The second kappa shape index (κ2) is 30.2. The maximum Gasteiger partial charge on any atom is 0.336 e. The van der Waals surface area contributed by atoms with Crippen molar-refractivity contribution in [3.63, 3.8) is 0 Å². The Morgan fingerprint density at radius 3 is 1.22 bits per heavy atom. The maximum absolute atomic E-state index is 11.1. The second-order valence-corrected chi connectivity index (χ2v) is 20.3. The van der Waals surface area contributed by atoms with Crippen molar-refractivity contribution in [2.24, 2.45) is 0 Å². The van der Waals surface area contributed by atoms with E-state index in [9.17, 15) is 14.7 Å². The fourth-order valence-corrected chi connectivity index (χ4v) is 13.8. The third-order valence-corrected chi connectivity index (χ3v) is 16.9. The zero-order valence-corrected chi connectivity index (χ0v) is 34.1. The predicted octanol–water partition coefficient (Wildman–Crippen LogP) is 13.4. The molecule has 0 atom stereocenters. The molecule has 0 aliphatic carbocycles. The quantitative estimate of drug-likeness (QED) is 0.0510. The van der Waals surface area contributed by atoms with Gasteiger partial charge in [0.15, 0.2) is 0 Å². The van der Waals surface area contributed by atoms with Crippen molar-refractivity contribution in [3.05, 3.63) is 59.7 Å². The van der Waals surface area contributed by atoms with E-state index in [1.54, 1.807) is 67.5 Å². The number of benzene rings is 2. The molecule has 1 N–H and O–H groups in total. The molecule has 0 amide bonds. The number of rotatable bonds is 29. The Balaban J connectivity index is 0.000000520. The summed E-state index contributed by atoms with van der Waals surface area (Å²) >= 11 is 0. The molecule has 2 aromatic carbocycles. The first-order valence-corrected chi connectivity index (χ1v) is 24.3. The van der Waals surface area contributed by atoms with Crippen molar-refractivity contribution in [2.45, 2.75) is 166 Å². The van der Waals surface area contributed by atoms with Crippen LogP contribution in [-0.4, -0.2) is 41.7 Å². The highest BCUT2D eigenvalue weighted by molar-refractivity contribution is 8.76. The third kappa shape index (κ3) is 21.5. The Bertz CT molecular complexity index is 1050. The number of hydrogen-bond acceptors (Lipinski definition) is 5. The number of carbonyl (C=O) groups excluding carboxylic acids is 1. The number of carboxylic acid groups (broad SMARTS) is 2. The summed E-state index contributed by atoms with van der Waals surface area (Å²) in [7, 11) is 1.77. The van der Waals surface area contributed by atoms with Crippen LogP contribution < -0.4 is 5.11 Å². The molecule has 2 rings (SSSR count). The second-order valence-electron chi connectivity index (χ2n) is 13.6. The van der Waals surface area contributed by atoms with Crippen LogP contribution in [0.3, 0.4) is 0 Å². The molecule has 278 valence electrons. The first-order chi connectivity index (χ1) is 23.8. The summed E-state index contributed by atoms with van der Waals surface area (Å²) in [6.07, 6.45) is 36.0. The molecule has 49 heavy (non-hydrogen) atoms. The Hall–Kier alpha value is -1.49. The largest absolute Gasteiger partial charge is 0.545 e. The zero-order valence-electron chi connectivity index (χ0n) is 31.5. The Morgan fingerprint density at radius 1 is 0.510 bits per heavy atom. The van der Waals surface area contributed by atoms with E-state index in [4.69, 9.17) is 5.11 Å². The van der Waals surface area contributed by atoms with Crippen LogP contribution in [0.2, 0.25) is 0 Å². The monoisotopic (exact) mass is 732 g/mol. The lowest BCUT2D eigenvalue weighted by Gasteiger charge is -2.28. The van der Waals surface area contributed by atoms with Crippen LogP contribution in [0.5, 0.6) is 0 Å². The third-order valence-electron chi connectivity index (χ3n) is 9.39. The summed E-state index contributed by atoms with van der Waals surface area (Å²) in [5.41, 5.74) is 0.286. The van der Waals surface area contributed by atoms with Crippen LogP contribution in [-0.2, 0) is 0 Å². The summed E-state index contributed by atoms with van der Waals surface area (Å²) in [5, 5.41) is 20.1. The van der Waals surface area contributed by atoms with E-state index < -0.39 is 19.2 Å². The first kappa shape index (κ1) is 45.5. The minimum absolute atomic E-state index is 0.0952. The number of unbranched alkanes of at least 4 members (excludes halogenated alkanes) is 16. The molecule has 0 heterocycles. The van der Waals surface area contributed by atoms with Crippen LogP contribution in [0.25, 0.3) is 0 Å². The van der Waals surface area contributed by atoms with Gasteiger partial charge in [-0.1, -0.05) is 176 Å². The smallest absolute Gasteiger partial charge is 0.336 e. The van der Waals surface area contributed by atoms with Gasteiger partial charge >= 0.3 is 5.97 Å². The van der Waals surface area contributed by atoms with Gasteiger partial charge in [0.2, 0.25) is 0 Å². The topological polar surface area (TPSA) is 77.4 Å². The van der Waals surface area contributed by atoms with Crippen molar-refractivity contribution >= 4 is 40.8 Å². The van der Waals surface area contributed by atoms with Gasteiger partial charge in [-0.2, -0.15) is 0 Å². The summed E-state index contributed by atoms with van der Waals surface area (Å²) < 4.78 is 0. The van der Waals surface area contributed by atoms with Gasteiger partial charge in [-0.25, -0.2) is 4.79 Å². The average Bonchev–Trinajstić information content (AvgIpc) is 3.11. The SMILES string of the molecule is CCCCCCCCCCCCCCCC[P+](CCCC)(CCCC)CCCC.O=C([O-])c1ccccc1SSc1ccccc1C(=O)O. The van der Waals surface area contributed by atoms with Crippen molar-refractivity contribution in [1.29, 1.82) is 0 Å². The van der Waals surface area contributed by atoms with Gasteiger partial charge in [-0.05, 0) is 50.3 Å². The molecular formula is C42H69O4PS2. The van der Waals surface area contributed by atoms with Gasteiger partial charge < -0.3 is 15.0 Å². The zero-order chi connectivity index (χ0) is 36.0. The Kier molecular flexibility index (Phi) is 28.0. The van der Waals surface area contributed by atoms with Gasteiger partial charge in [-0.15, -0.1) is 0 Å². The summed E-state index contributed by atoms with van der Waals surface area (Å²) in [4.78, 5) is 23.2. The maximum atomic E-state index is 11.1. The fourth-order valence-electron chi connectivity index (χ4n) is 6.31. The molecule has 7 heteroatoms. The van der Waals surface area contributed by atoms with Gasteiger partial charge in [0, 0.05) is 22.6 Å². The van der Waals surface area contributed by atoms with Gasteiger partial charge in [0.05, 0.1) is 36.2 Å². The van der Waals surface area contributed by atoms with E-state index in [1.807, 2.05) is 0 Å². The molecule has 0 saturated heterocycles. The lowest BCUT2D eigenvalue weighted by atomic mass is 10.0.